The first-order valence-corrected chi connectivity index (χ1v) is 6.90. The highest BCUT2D eigenvalue weighted by Gasteiger charge is 2.08. The lowest BCUT2D eigenvalue weighted by Gasteiger charge is -2.05. The van der Waals surface area contributed by atoms with Crippen LogP contribution < -0.4 is 4.74 Å². The summed E-state index contributed by atoms with van der Waals surface area (Å²) in [5.74, 6) is -0.105. The van der Waals surface area contributed by atoms with Crippen LogP contribution in [0.4, 0.5) is 0 Å². The molecule has 0 fully saturated rings. The Bertz CT molecular complexity index is 548. The second-order valence-corrected chi connectivity index (χ2v) is 5.13. The minimum absolute atomic E-state index is 0.266. The Morgan fingerprint density at radius 2 is 2.11 bits per heavy atom. The van der Waals surface area contributed by atoms with Crippen LogP contribution in [0.15, 0.2) is 30.5 Å². The summed E-state index contributed by atoms with van der Waals surface area (Å²) in [6, 6.07) is 7.98. The first-order valence-electron chi connectivity index (χ1n) is 6.08. The van der Waals surface area contributed by atoms with Crippen molar-refractivity contribution in [3.05, 3.63) is 45.9 Å². The van der Waals surface area contributed by atoms with Crippen molar-refractivity contribution in [1.29, 1.82) is 0 Å². The first-order chi connectivity index (χ1) is 9.19. The van der Waals surface area contributed by atoms with Crippen molar-refractivity contribution in [2.75, 3.05) is 6.61 Å². The topological polar surface area (TPSA) is 59.4 Å². The molecule has 0 radical (unpaired) electrons. The van der Waals surface area contributed by atoms with Crippen LogP contribution in [-0.4, -0.2) is 22.7 Å². The smallest absolute Gasteiger partial charge is 0.347 e. The first kappa shape index (κ1) is 13.5. The molecule has 0 unspecified atom stereocenters. The molecule has 1 aromatic heterocycles. The molecular formula is C14H15NO3S. The number of benzene rings is 1. The summed E-state index contributed by atoms with van der Waals surface area (Å²) in [5.41, 5.74) is 1.28. The third-order valence-electron chi connectivity index (χ3n) is 2.68. The fourth-order valence-corrected chi connectivity index (χ4v) is 2.34. The van der Waals surface area contributed by atoms with Gasteiger partial charge >= 0.3 is 5.97 Å². The number of ether oxygens (including phenoxy) is 1. The van der Waals surface area contributed by atoms with Crippen molar-refractivity contribution in [3.8, 4) is 5.75 Å². The summed E-state index contributed by atoms with van der Waals surface area (Å²) in [4.78, 5) is 15.0. The molecule has 1 N–H and O–H groups in total. The third-order valence-corrected chi connectivity index (χ3v) is 3.73. The molecule has 2 rings (SSSR count). The molecule has 0 amide bonds. The number of carbonyl (C=O) groups is 1. The van der Waals surface area contributed by atoms with E-state index in [9.17, 15) is 4.79 Å². The van der Waals surface area contributed by atoms with Crippen molar-refractivity contribution in [2.24, 2.45) is 0 Å². The van der Waals surface area contributed by atoms with E-state index in [0.29, 0.717) is 13.0 Å². The summed E-state index contributed by atoms with van der Waals surface area (Å²) >= 11 is 1.19. The van der Waals surface area contributed by atoms with Crippen molar-refractivity contribution in [3.63, 3.8) is 0 Å². The molecule has 4 nitrogen and oxygen atoms in total. The van der Waals surface area contributed by atoms with Crippen LogP contribution >= 0.6 is 11.3 Å². The van der Waals surface area contributed by atoms with E-state index in [-0.39, 0.29) is 4.88 Å². The second kappa shape index (κ2) is 6.33. The predicted molar refractivity (Wildman–Crippen MR) is 74.1 cm³/mol. The number of aromatic carboxylic acids is 1. The number of rotatable bonds is 6. The van der Waals surface area contributed by atoms with Gasteiger partial charge in [-0.25, -0.2) is 9.78 Å². The zero-order valence-electron chi connectivity index (χ0n) is 10.6. The van der Waals surface area contributed by atoms with Gasteiger partial charge in [-0.2, -0.15) is 0 Å². The average Bonchev–Trinajstić information content (AvgIpc) is 2.89. The molecule has 0 aliphatic rings. The Balaban J connectivity index is 1.83. The molecule has 0 saturated heterocycles. The van der Waals surface area contributed by atoms with Crippen LogP contribution in [0, 0.1) is 0 Å². The maximum atomic E-state index is 10.7. The summed E-state index contributed by atoms with van der Waals surface area (Å²) < 4.78 is 5.60. The van der Waals surface area contributed by atoms with Crippen LogP contribution in [0.2, 0.25) is 0 Å². The number of thiazole rings is 1. The van der Waals surface area contributed by atoms with Crippen LogP contribution in [0.25, 0.3) is 0 Å². The van der Waals surface area contributed by atoms with E-state index in [4.69, 9.17) is 9.84 Å². The molecule has 1 aromatic carbocycles. The molecular weight excluding hydrogens is 262 g/mol. The van der Waals surface area contributed by atoms with Crippen molar-refractivity contribution < 1.29 is 14.6 Å². The van der Waals surface area contributed by atoms with Crippen LogP contribution in [-0.2, 0) is 12.8 Å². The van der Waals surface area contributed by atoms with Crippen LogP contribution in [0.5, 0.6) is 5.75 Å². The fourth-order valence-electron chi connectivity index (χ4n) is 1.60. The monoisotopic (exact) mass is 277 g/mol. The predicted octanol–water partition coefficient (Wildman–Crippen LogP) is 3.03. The van der Waals surface area contributed by atoms with Gasteiger partial charge in [-0.15, -0.1) is 11.3 Å². The van der Waals surface area contributed by atoms with Gasteiger partial charge in [-0.3, -0.25) is 0 Å². The van der Waals surface area contributed by atoms with Gasteiger partial charge in [0.15, 0.2) is 0 Å². The highest BCUT2D eigenvalue weighted by atomic mass is 32.1. The molecule has 19 heavy (non-hydrogen) atoms. The van der Waals surface area contributed by atoms with Crippen LogP contribution in [0.1, 0.15) is 27.2 Å². The molecule has 100 valence electrons. The lowest BCUT2D eigenvalue weighted by molar-refractivity contribution is 0.0702. The summed E-state index contributed by atoms with van der Waals surface area (Å²) in [5, 5.41) is 9.57. The van der Waals surface area contributed by atoms with Crippen molar-refractivity contribution in [1.82, 2.24) is 4.98 Å². The molecule has 5 heteroatoms. The Kier molecular flexibility index (Phi) is 4.52. The zero-order chi connectivity index (χ0) is 13.7. The largest absolute Gasteiger partial charge is 0.493 e. The van der Waals surface area contributed by atoms with E-state index in [1.807, 2.05) is 24.3 Å². The van der Waals surface area contributed by atoms with Gasteiger partial charge in [-0.05, 0) is 24.1 Å². The Labute approximate surface area is 115 Å². The lowest BCUT2D eigenvalue weighted by atomic mass is 10.2. The summed E-state index contributed by atoms with van der Waals surface area (Å²) in [6.45, 7) is 2.61. The number of carboxylic acid groups (broad SMARTS) is 1. The van der Waals surface area contributed by atoms with Crippen molar-refractivity contribution in [2.45, 2.75) is 19.8 Å². The molecule has 0 atom stereocenters. The molecule has 0 bridgehead atoms. The van der Waals surface area contributed by atoms with Crippen molar-refractivity contribution >= 4 is 17.3 Å². The maximum Gasteiger partial charge on any atom is 0.347 e. The average molecular weight is 277 g/mol. The van der Waals surface area contributed by atoms with Gasteiger partial charge in [0.1, 0.15) is 10.6 Å². The molecule has 0 spiro atoms. The number of aromatic nitrogens is 1. The van der Waals surface area contributed by atoms with E-state index in [0.717, 1.165) is 17.2 Å². The normalized spacial score (nSPS) is 10.4. The highest BCUT2D eigenvalue weighted by molar-refractivity contribution is 7.13. The highest BCUT2D eigenvalue weighted by Crippen LogP contribution is 2.15. The van der Waals surface area contributed by atoms with Gasteiger partial charge in [0.25, 0.3) is 0 Å². The summed E-state index contributed by atoms with van der Waals surface area (Å²) in [6.07, 6.45) is 3.02. The zero-order valence-corrected chi connectivity index (χ0v) is 11.4. The number of carboxylic acids is 1. The number of aryl methyl sites for hydroxylation is 1. The molecule has 0 saturated carbocycles. The minimum Gasteiger partial charge on any atom is -0.493 e. The second-order valence-electron chi connectivity index (χ2n) is 4.02. The number of hydrogen-bond acceptors (Lipinski definition) is 4. The Morgan fingerprint density at radius 3 is 2.68 bits per heavy atom. The van der Waals surface area contributed by atoms with Gasteiger partial charge in [0.2, 0.25) is 0 Å². The van der Waals surface area contributed by atoms with E-state index in [1.54, 1.807) is 0 Å². The SMILES string of the molecule is CCc1ccc(OCCc2ncc(C(=O)O)s2)cc1. The van der Waals surface area contributed by atoms with E-state index >= 15 is 0 Å². The molecule has 0 aliphatic carbocycles. The minimum atomic E-state index is -0.931. The van der Waals surface area contributed by atoms with Gasteiger partial charge in [0.05, 0.1) is 17.8 Å². The number of hydrogen-bond donors (Lipinski definition) is 1. The fraction of sp³-hybridized carbons (Fsp3) is 0.286. The maximum absolute atomic E-state index is 10.7. The van der Waals surface area contributed by atoms with Crippen LogP contribution in [0.3, 0.4) is 0 Å². The number of nitrogens with zero attached hydrogens (tertiary/aromatic N) is 1. The van der Waals surface area contributed by atoms with Gasteiger partial charge in [-0.1, -0.05) is 19.1 Å². The molecule has 2 aromatic rings. The Morgan fingerprint density at radius 1 is 1.37 bits per heavy atom. The standard InChI is InChI=1S/C14H15NO3S/c1-2-10-3-5-11(6-4-10)18-8-7-13-15-9-12(19-13)14(16)17/h3-6,9H,2,7-8H2,1H3,(H,16,17). The van der Waals surface area contributed by atoms with E-state index in [1.165, 1.54) is 23.1 Å². The molecule has 1 heterocycles. The van der Waals surface area contributed by atoms with E-state index in [2.05, 4.69) is 11.9 Å². The molecule has 0 aliphatic heterocycles. The quantitative estimate of drug-likeness (QED) is 0.881. The Hall–Kier alpha value is -1.88. The summed E-state index contributed by atoms with van der Waals surface area (Å²) in [7, 11) is 0. The lowest BCUT2D eigenvalue weighted by Crippen LogP contribution is -2.00. The van der Waals surface area contributed by atoms with Gasteiger partial charge < -0.3 is 9.84 Å². The van der Waals surface area contributed by atoms with Gasteiger partial charge in [0, 0.05) is 6.42 Å². The third kappa shape index (κ3) is 3.79. The van der Waals surface area contributed by atoms with E-state index < -0.39 is 5.97 Å².